The van der Waals surface area contributed by atoms with E-state index in [0.717, 1.165) is 17.7 Å². The summed E-state index contributed by atoms with van der Waals surface area (Å²) in [6.45, 7) is 2.14. The van der Waals surface area contributed by atoms with Gasteiger partial charge in [0.25, 0.3) is 0 Å². The summed E-state index contributed by atoms with van der Waals surface area (Å²) in [4.78, 5) is 29.7. The monoisotopic (exact) mass is 427 g/mol. The maximum Gasteiger partial charge on any atom is 0.373 e. The summed E-state index contributed by atoms with van der Waals surface area (Å²) in [5.41, 5.74) is 7.44. The fraction of sp³-hybridized carbons (Fsp3) is 0.143. The van der Waals surface area contributed by atoms with Crippen molar-refractivity contribution in [2.45, 2.75) is 19.9 Å². The van der Waals surface area contributed by atoms with Gasteiger partial charge in [-0.3, -0.25) is 9.78 Å². The third-order valence-electron chi connectivity index (χ3n) is 4.51. The molecule has 0 unspecified atom stereocenters. The second-order valence-corrected chi connectivity index (χ2v) is 6.67. The van der Waals surface area contributed by atoms with Crippen molar-refractivity contribution in [3.63, 3.8) is 0 Å². The molecule has 0 saturated heterocycles. The van der Waals surface area contributed by atoms with Crippen LogP contribution in [-0.4, -0.2) is 30.7 Å². The number of aryl methyl sites for hydroxylation is 1. The van der Waals surface area contributed by atoms with Gasteiger partial charge >= 0.3 is 5.97 Å². The molecule has 0 amide bonds. The zero-order valence-corrected chi connectivity index (χ0v) is 16.5. The van der Waals surface area contributed by atoms with Crippen molar-refractivity contribution in [3.8, 4) is 0 Å². The number of pyridine rings is 2. The maximum atomic E-state index is 13.3. The Morgan fingerprint density at radius 2 is 1.87 bits per heavy atom. The van der Waals surface area contributed by atoms with Crippen LogP contribution < -0.4 is 11.2 Å². The van der Waals surface area contributed by atoms with Crippen LogP contribution in [0.1, 0.15) is 32.9 Å². The van der Waals surface area contributed by atoms with Gasteiger partial charge in [-0.25, -0.2) is 18.1 Å². The van der Waals surface area contributed by atoms with E-state index < -0.39 is 17.6 Å². The average Bonchev–Trinajstić information content (AvgIpc) is 3.20. The number of nitrogens with two attached hydrogens (primary N) is 1. The van der Waals surface area contributed by atoms with Crippen LogP contribution in [0.2, 0.25) is 0 Å². The molecule has 0 radical (unpaired) electrons. The summed E-state index contributed by atoms with van der Waals surface area (Å²) in [7, 11) is 0. The topological polar surface area (TPSA) is 126 Å². The Morgan fingerprint density at radius 3 is 2.45 bits per heavy atom. The highest BCUT2D eigenvalue weighted by Crippen LogP contribution is 2.13. The van der Waals surface area contributed by atoms with Crippen LogP contribution in [0.4, 0.5) is 8.78 Å². The molecule has 0 aliphatic rings. The van der Waals surface area contributed by atoms with Gasteiger partial charge in [-0.2, -0.15) is 0 Å². The van der Waals surface area contributed by atoms with Gasteiger partial charge in [-0.05, 0) is 42.3 Å². The average molecular weight is 427 g/mol. The van der Waals surface area contributed by atoms with Crippen molar-refractivity contribution < 1.29 is 18.7 Å². The molecule has 0 saturated carbocycles. The third-order valence-corrected chi connectivity index (χ3v) is 4.51. The van der Waals surface area contributed by atoms with Crippen LogP contribution in [0.25, 0.3) is 5.65 Å². The van der Waals surface area contributed by atoms with Crippen LogP contribution in [0.5, 0.6) is 0 Å². The first-order chi connectivity index (χ1) is 14.8. The van der Waals surface area contributed by atoms with E-state index in [1.165, 1.54) is 23.7 Å². The number of carboxylic acids is 1. The van der Waals surface area contributed by atoms with Gasteiger partial charge in [0.15, 0.2) is 17.1 Å². The summed E-state index contributed by atoms with van der Waals surface area (Å²) in [5.74, 6) is -3.50. The van der Waals surface area contributed by atoms with Gasteiger partial charge < -0.3 is 15.8 Å². The number of halogens is 2. The lowest BCUT2D eigenvalue weighted by atomic mass is 10.0. The molecule has 160 valence electrons. The number of hydrogen-bond acceptors (Lipinski definition) is 5. The molecule has 4 aromatic rings. The minimum absolute atomic E-state index is 0.0785. The number of aromatic nitrogens is 4. The zero-order chi connectivity index (χ0) is 22.5. The number of H-pyrrole nitrogens is 1. The van der Waals surface area contributed by atoms with E-state index >= 15 is 0 Å². The molecular weight excluding hydrogens is 408 g/mol. The number of nitrogens with zero attached hydrogens (tertiary/aromatic N) is 3. The highest BCUT2D eigenvalue weighted by molar-refractivity contribution is 5.83. The number of hydrogen-bond donors (Lipinski definition) is 3. The molecule has 3 heterocycles. The van der Waals surface area contributed by atoms with E-state index in [2.05, 4.69) is 15.1 Å². The van der Waals surface area contributed by atoms with E-state index in [-0.39, 0.29) is 23.3 Å². The fourth-order valence-electron chi connectivity index (χ4n) is 2.88. The van der Waals surface area contributed by atoms with E-state index in [1.54, 1.807) is 12.4 Å². The standard InChI is InChI=1S/C15H11F2N3O3.C6H8N2/c1-7-12(21)9(4-8-2-3-10(16)11(17)5-8)6-20-14(7)18-13(19-20)15(22)23;7-5-6-1-3-8-4-2-6/h2-3,5-6H,4H2,1H3,(H,18,19)(H,22,23);1-4H,5,7H2. The first kappa shape index (κ1) is 21.8. The molecule has 0 aliphatic carbocycles. The molecule has 4 N–H and O–H groups in total. The molecule has 3 aromatic heterocycles. The Labute approximate surface area is 175 Å². The number of benzene rings is 1. The van der Waals surface area contributed by atoms with Gasteiger partial charge in [0.05, 0.1) is 0 Å². The number of carbonyl (C=O) groups is 1. The molecular formula is C21H19F2N5O3. The molecule has 31 heavy (non-hydrogen) atoms. The third kappa shape index (κ3) is 4.98. The molecule has 0 bridgehead atoms. The molecule has 4 rings (SSSR count). The summed E-state index contributed by atoms with van der Waals surface area (Å²) < 4.78 is 27.5. The zero-order valence-electron chi connectivity index (χ0n) is 16.5. The molecule has 10 heteroatoms. The van der Waals surface area contributed by atoms with Crippen molar-refractivity contribution in [1.82, 2.24) is 19.6 Å². The van der Waals surface area contributed by atoms with Crippen LogP contribution in [0, 0.1) is 18.6 Å². The number of rotatable bonds is 4. The lowest BCUT2D eigenvalue weighted by molar-refractivity contribution is 0.0684. The lowest BCUT2D eigenvalue weighted by Crippen LogP contribution is -2.15. The van der Waals surface area contributed by atoms with E-state index in [0.29, 0.717) is 23.2 Å². The first-order valence-electron chi connectivity index (χ1n) is 9.17. The van der Waals surface area contributed by atoms with Gasteiger partial charge in [0.1, 0.15) is 5.65 Å². The predicted molar refractivity (Wildman–Crippen MR) is 109 cm³/mol. The second kappa shape index (κ2) is 9.26. The van der Waals surface area contributed by atoms with Crippen molar-refractivity contribution in [1.29, 1.82) is 0 Å². The summed E-state index contributed by atoms with van der Waals surface area (Å²) in [5, 5.41) is 12.8. The van der Waals surface area contributed by atoms with E-state index in [1.807, 2.05) is 12.1 Å². The molecule has 0 atom stereocenters. The highest BCUT2D eigenvalue weighted by atomic mass is 19.2. The van der Waals surface area contributed by atoms with Gasteiger partial charge in [0.2, 0.25) is 5.82 Å². The number of fused-ring (bicyclic) bond motifs is 1. The van der Waals surface area contributed by atoms with Gasteiger partial charge in [-0.1, -0.05) is 6.07 Å². The number of nitrogens with one attached hydrogen (secondary N) is 1. The first-order valence-corrected chi connectivity index (χ1v) is 9.17. The number of carboxylic acid groups (broad SMARTS) is 1. The van der Waals surface area contributed by atoms with E-state index in [4.69, 9.17) is 10.8 Å². The molecule has 0 fully saturated rings. The predicted octanol–water partition coefficient (Wildman–Crippen LogP) is 2.44. The summed E-state index contributed by atoms with van der Waals surface area (Å²) >= 11 is 0. The van der Waals surface area contributed by atoms with Gasteiger partial charge in [0, 0.05) is 42.7 Å². The van der Waals surface area contributed by atoms with Crippen molar-refractivity contribution in [3.05, 3.63) is 98.9 Å². The number of aromatic carboxylic acids is 1. The highest BCUT2D eigenvalue weighted by Gasteiger charge is 2.15. The Morgan fingerprint density at radius 1 is 1.16 bits per heavy atom. The minimum atomic E-state index is -1.25. The van der Waals surface area contributed by atoms with Gasteiger partial charge in [-0.15, -0.1) is 5.10 Å². The van der Waals surface area contributed by atoms with Crippen LogP contribution in [-0.2, 0) is 13.0 Å². The van der Waals surface area contributed by atoms with E-state index in [9.17, 15) is 18.4 Å². The smallest absolute Gasteiger partial charge is 0.373 e. The minimum Gasteiger partial charge on any atom is -0.475 e. The van der Waals surface area contributed by atoms with Crippen LogP contribution in [0.3, 0.4) is 0 Å². The largest absolute Gasteiger partial charge is 0.475 e. The van der Waals surface area contributed by atoms with Crippen molar-refractivity contribution >= 4 is 11.6 Å². The summed E-state index contributed by atoms with van der Waals surface area (Å²) in [6.07, 6.45) is 4.94. The maximum absolute atomic E-state index is 13.3. The Balaban J connectivity index is 0.000000287. The molecule has 0 spiro atoms. The molecule has 8 nitrogen and oxygen atoms in total. The fourth-order valence-corrected chi connectivity index (χ4v) is 2.88. The van der Waals surface area contributed by atoms with Crippen molar-refractivity contribution in [2.24, 2.45) is 5.73 Å². The number of aromatic amines is 1. The second-order valence-electron chi connectivity index (χ2n) is 6.67. The Hall–Kier alpha value is -3.92. The van der Waals surface area contributed by atoms with Crippen LogP contribution >= 0.6 is 0 Å². The Bertz CT molecular complexity index is 1290. The normalized spacial score (nSPS) is 10.6. The molecule has 0 aliphatic heterocycles. The quantitative estimate of drug-likeness (QED) is 0.459. The molecule has 1 aromatic carbocycles. The lowest BCUT2D eigenvalue weighted by Gasteiger charge is -2.05. The Kier molecular flexibility index (Phi) is 6.51. The summed E-state index contributed by atoms with van der Waals surface area (Å²) in [6, 6.07) is 7.20. The van der Waals surface area contributed by atoms with Crippen LogP contribution in [0.15, 0.2) is 53.7 Å². The SMILES string of the molecule is Cc1c(=O)c(Cc2ccc(F)c(F)c2)cn2nc(C(=O)O)[nH]c12.NCc1ccncc1. The van der Waals surface area contributed by atoms with Crippen molar-refractivity contribution in [2.75, 3.05) is 0 Å².